The van der Waals surface area contributed by atoms with Crippen LogP contribution in [0.5, 0.6) is 0 Å². The lowest BCUT2D eigenvalue weighted by atomic mass is 9.96. The first-order valence-corrected chi connectivity index (χ1v) is 18.2. The zero-order valence-electron chi connectivity index (χ0n) is 33.9. The van der Waals surface area contributed by atoms with E-state index >= 15 is 0 Å². The number of aryl methyl sites for hydroxylation is 3. The fourth-order valence-electron chi connectivity index (χ4n) is 3.14. The number of terminal acetylenes is 1. The Bertz CT molecular complexity index is 1040. The molecule has 0 fully saturated rings. The number of hydrogen-bond acceptors (Lipinski definition) is 1. The Kier molecular flexibility index (Phi) is 48.5. The lowest BCUT2D eigenvalue weighted by molar-refractivity contribution is 0.772. The molecule has 0 radical (unpaired) electrons. The van der Waals surface area contributed by atoms with Crippen molar-refractivity contribution in [3.05, 3.63) is 107 Å². The third-order valence-corrected chi connectivity index (χ3v) is 6.78. The highest BCUT2D eigenvalue weighted by atomic mass is 14.4. The number of rotatable bonds is 10. The SMILES string of the molecule is C#CN.C=C(C)CCCC.C=C(C)c1ccc(C)c(/C(C)=C/C=C\C)c1.CCCC.CCCC.CCCCC.Cc1ccccc1C. The van der Waals surface area contributed by atoms with Crippen LogP contribution in [0.25, 0.3) is 11.1 Å². The van der Waals surface area contributed by atoms with E-state index in [9.17, 15) is 0 Å². The monoisotopic (exact) mass is 646 g/mol. The van der Waals surface area contributed by atoms with Gasteiger partial charge < -0.3 is 5.73 Å². The Balaban J connectivity index is -0.000000161. The largest absolute Gasteiger partial charge is 0.360 e. The summed E-state index contributed by atoms with van der Waals surface area (Å²) in [6, 6.07) is 16.6. The molecule has 0 heterocycles. The van der Waals surface area contributed by atoms with E-state index in [0.717, 1.165) is 5.57 Å². The molecule has 0 bridgehead atoms. The highest BCUT2D eigenvalue weighted by Crippen LogP contribution is 2.23. The van der Waals surface area contributed by atoms with Crippen molar-refractivity contribution in [3.63, 3.8) is 0 Å². The van der Waals surface area contributed by atoms with Gasteiger partial charge in [-0.3, -0.25) is 0 Å². The first kappa shape index (κ1) is 53.3. The summed E-state index contributed by atoms with van der Waals surface area (Å²) in [5, 5.41) is 0. The summed E-state index contributed by atoms with van der Waals surface area (Å²) >= 11 is 0. The van der Waals surface area contributed by atoms with Crippen LogP contribution in [0.4, 0.5) is 0 Å². The highest BCUT2D eigenvalue weighted by Gasteiger charge is 2.02. The molecule has 2 aromatic rings. The van der Waals surface area contributed by atoms with Gasteiger partial charge in [0, 0.05) is 0 Å². The molecule has 0 aromatic heterocycles. The predicted molar refractivity (Wildman–Crippen MR) is 224 cm³/mol. The second-order valence-corrected chi connectivity index (χ2v) is 11.9. The molecule has 0 saturated heterocycles. The van der Waals surface area contributed by atoms with Gasteiger partial charge in [0.1, 0.15) is 0 Å². The third kappa shape index (κ3) is 42.8. The maximum absolute atomic E-state index is 4.38. The van der Waals surface area contributed by atoms with Crippen molar-refractivity contribution in [1.82, 2.24) is 0 Å². The van der Waals surface area contributed by atoms with Crippen molar-refractivity contribution < 1.29 is 0 Å². The van der Waals surface area contributed by atoms with Crippen LogP contribution in [0.2, 0.25) is 0 Å². The topological polar surface area (TPSA) is 26.0 Å². The van der Waals surface area contributed by atoms with E-state index in [2.05, 4.69) is 163 Å². The van der Waals surface area contributed by atoms with Gasteiger partial charge in [-0.1, -0.05) is 179 Å². The summed E-state index contributed by atoms with van der Waals surface area (Å²) in [5.74, 6) is 0. The number of benzene rings is 2. The Morgan fingerprint density at radius 2 is 1.13 bits per heavy atom. The molecule has 2 rings (SSSR count). The minimum absolute atomic E-state index is 1.11. The predicted octanol–water partition coefficient (Wildman–Crippen LogP) is 15.4. The van der Waals surface area contributed by atoms with Crippen molar-refractivity contribution >= 4 is 11.1 Å². The molecule has 0 aliphatic carbocycles. The maximum atomic E-state index is 4.38. The zero-order chi connectivity index (χ0) is 37.5. The van der Waals surface area contributed by atoms with E-state index in [1.807, 2.05) is 19.9 Å². The lowest BCUT2D eigenvalue weighted by Gasteiger charge is -2.09. The summed E-state index contributed by atoms with van der Waals surface area (Å²) in [6.07, 6.45) is 23.8. The number of allylic oxidation sites excluding steroid dienone is 6. The molecule has 1 nitrogen and oxygen atoms in total. The molecule has 0 aliphatic heterocycles. The van der Waals surface area contributed by atoms with Crippen molar-refractivity contribution in [2.75, 3.05) is 0 Å². The zero-order valence-corrected chi connectivity index (χ0v) is 33.9. The number of unbranched alkanes of at least 4 members (excludes halogenated alkanes) is 5. The molecule has 0 unspecified atom stereocenters. The molecular weight excluding hydrogens is 567 g/mol. The van der Waals surface area contributed by atoms with Gasteiger partial charge in [0.2, 0.25) is 0 Å². The number of hydrogen-bond donors (Lipinski definition) is 1. The van der Waals surface area contributed by atoms with Gasteiger partial charge in [-0.25, -0.2) is 0 Å². The average molecular weight is 646 g/mol. The summed E-state index contributed by atoms with van der Waals surface area (Å²) in [5.41, 5.74) is 14.6. The van der Waals surface area contributed by atoms with Gasteiger partial charge >= 0.3 is 0 Å². The minimum Gasteiger partial charge on any atom is -0.360 e. The van der Waals surface area contributed by atoms with Gasteiger partial charge in [-0.2, -0.15) is 0 Å². The van der Waals surface area contributed by atoms with Crippen LogP contribution in [0.3, 0.4) is 0 Å². The molecule has 2 aromatic carbocycles. The normalized spacial score (nSPS) is 9.34. The van der Waals surface area contributed by atoms with E-state index in [1.54, 1.807) is 6.04 Å². The van der Waals surface area contributed by atoms with Gasteiger partial charge in [0.25, 0.3) is 0 Å². The first-order chi connectivity index (χ1) is 22.3. The van der Waals surface area contributed by atoms with Crippen LogP contribution < -0.4 is 5.73 Å². The Labute approximate surface area is 297 Å². The van der Waals surface area contributed by atoms with Crippen molar-refractivity contribution in [2.24, 2.45) is 5.73 Å². The van der Waals surface area contributed by atoms with Crippen LogP contribution in [0.1, 0.15) is 168 Å². The smallest absolute Gasteiger partial charge is 0.00200 e. The van der Waals surface area contributed by atoms with Gasteiger partial charge in [0.05, 0.1) is 0 Å². The molecule has 2 N–H and O–H groups in total. The quantitative estimate of drug-likeness (QED) is 0.118. The van der Waals surface area contributed by atoms with Crippen LogP contribution in [-0.2, 0) is 0 Å². The lowest BCUT2D eigenvalue weighted by Crippen LogP contribution is -1.88. The summed E-state index contributed by atoms with van der Waals surface area (Å²) < 4.78 is 0. The molecule has 0 atom stereocenters. The molecule has 47 heavy (non-hydrogen) atoms. The van der Waals surface area contributed by atoms with Crippen LogP contribution in [-0.4, -0.2) is 0 Å². The number of nitrogens with two attached hydrogens (primary N) is 1. The van der Waals surface area contributed by atoms with E-state index in [-0.39, 0.29) is 0 Å². The molecule has 268 valence electrons. The fourth-order valence-corrected chi connectivity index (χ4v) is 3.14. The van der Waals surface area contributed by atoms with Crippen LogP contribution in [0, 0.1) is 33.2 Å². The first-order valence-electron chi connectivity index (χ1n) is 18.2. The Morgan fingerprint density at radius 1 is 0.702 bits per heavy atom. The molecular formula is C46H79N. The minimum atomic E-state index is 1.11. The second kappa shape index (κ2) is 42.8. The highest BCUT2D eigenvalue weighted by molar-refractivity contribution is 5.72. The molecule has 0 saturated carbocycles. The summed E-state index contributed by atoms with van der Waals surface area (Å²) in [7, 11) is 0. The van der Waals surface area contributed by atoms with Gasteiger partial charge in [-0.15, -0.1) is 6.58 Å². The van der Waals surface area contributed by atoms with E-state index < -0.39 is 0 Å². The van der Waals surface area contributed by atoms with Crippen LogP contribution in [0.15, 0.2) is 79.4 Å². The van der Waals surface area contributed by atoms with E-state index in [4.69, 9.17) is 0 Å². The Hall–Kier alpha value is -3.24. The average Bonchev–Trinajstić information content (AvgIpc) is 3.06. The van der Waals surface area contributed by atoms with Gasteiger partial charge in [0.15, 0.2) is 0 Å². The Morgan fingerprint density at radius 3 is 1.38 bits per heavy atom. The van der Waals surface area contributed by atoms with Crippen LogP contribution >= 0.6 is 0 Å². The second-order valence-electron chi connectivity index (χ2n) is 11.9. The summed E-state index contributed by atoms with van der Waals surface area (Å²) in [4.78, 5) is 0. The van der Waals surface area contributed by atoms with E-state index in [1.165, 1.54) is 103 Å². The molecule has 0 amide bonds. The van der Waals surface area contributed by atoms with Crippen molar-refractivity contribution in [3.8, 4) is 12.5 Å². The molecule has 0 spiro atoms. The molecule has 1 heteroatoms. The molecule has 0 aliphatic rings. The fraction of sp³-hybridized carbons (Fsp3) is 0.522. The standard InChI is InChI=1S/C16H20.C8H10.C7H14.C5H12.2C4H10.C2H3N/c1-6-7-8-13(4)16-11-15(12(2)3)10-9-14(16)5;1-7-5-3-4-6-8(7)2;1-4-5-6-7(2)3;1-3-5-4-2;2*1-3-4-2;1-2-3/h6-11H,2H2,1,3-5H3;3-6H,1-2H3;2,4-6H2,1,3H3;3-5H2,1-2H3;2*3-4H2,1-2H3;1H,3H2/b7-6-,13-8+;;;;;;. The van der Waals surface area contributed by atoms with E-state index in [0.29, 0.717) is 0 Å². The maximum Gasteiger partial charge on any atom is -0.00200 e. The van der Waals surface area contributed by atoms with Gasteiger partial charge in [-0.05, 0) is 107 Å². The summed E-state index contributed by atoms with van der Waals surface area (Å²) in [6.45, 7) is 37.8. The third-order valence-electron chi connectivity index (χ3n) is 6.78. The van der Waals surface area contributed by atoms with Crippen molar-refractivity contribution in [1.29, 1.82) is 0 Å². The van der Waals surface area contributed by atoms with Crippen molar-refractivity contribution in [2.45, 2.75) is 161 Å².